The van der Waals surface area contributed by atoms with Crippen LogP contribution in [0.15, 0.2) is 30.3 Å². The molecular formula is C13H18N2. The van der Waals surface area contributed by atoms with E-state index in [9.17, 15) is 0 Å². The highest BCUT2D eigenvalue weighted by Crippen LogP contribution is 2.27. The van der Waals surface area contributed by atoms with Gasteiger partial charge in [-0.1, -0.05) is 30.3 Å². The van der Waals surface area contributed by atoms with Crippen LogP contribution in [0.1, 0.15) is 18.0 Å². The van der Waals surface area contributed by atoms with Crippen molar-refractivity contribution in [2.24, 2.45) is 0 Å². The Morgan fingerprint density at radius 1 is 0.933 bits per heavy atom. The van der Waals surface area contributed by atoms with Crippen LogP contribution in [0.5, 0.6) is 0 Å². The van der Waals surface area contributed by atoms with Gasteiger partial charge in [-0.05, 0) is 18.5 Å². The average molecular weight is 202 g/mol. The molecule has 3 heterocycles. The molecule has 0 radical (unpaired) electrons. The maximum absolute atomic E-state index is 2.65. The summed E-state index contributed by atoms with van der Waals surface area (Å²) < 4.78 is 0. The highest BCUT2D eigenvalue weighted by Gasteiger charge is 2.30. The predicted octanol–water partition coefficient (Wildman–Crippen LogP) is 1.75. The molecule has 2 bridgehead atoms. The topological polar surface area (TPSA) is 6.48 Å². The molecule has 1 aromatic rings. The summed E-state index contributed by atoms with van der Waals surface area (Å²) >= 11 is 0. The molecule has 3 aliphatic rings. The van der Waals surface area contributed by atoms with Crippen LogP contribution >= 0.6 is 0 Å². The van der Waals surface area contributed by atoms with Crippen LogP contribution in [0, 0.1) is 0 Å². The van der Waals surface area contributed by atoms with Gasteiger partial charge >= 0.3 is 0 Å². The average Bonchev–Trinajstić information content (AvgIpc) is 2.65. The first-order valence-corrected chi connectivity index (χ1v) is 5.95. The van der Waals surface area contributed by atoms with E-state index in [1.54, 1.807) is 0 Å². The Morgan fingerprint density at radius 3 is 2.67 bits per heavy atom. The molecule has 3 atom stereocenters. The minimum atomic E-state index is 0.641. The second-order valence-corrected chi connectivity index (χ2v) is 4.62. The molecule has 0 saturated carbocycles. The zero-order valence-corrected chi connectivity index (χ0v) is 9.10. The van der Waals surface area contributed by atoms with Crippen molar-refractivity contribution < 1.29 is 0 Å². The zero-order valence-electron chi connectivity index (χ0n) is 9.10. The van der Waals surface area contributed by atoms with E-state index in [0.717, 1.165) is 0 Å². The van der Waals surface area contributed by atoms with Crippen molar-refractivity contribution >= 4 is 0 Å². The van der Waals surface area contributed by atoms with Gasteiger partial charge in [0.25, 0.3) is 0 Å². The number of hydrogen-bond acceptors (Lipinski definition) is 2. The van der Waals surface area contributed by atoms with Gasteiger partial charge in [-0.15, -0.1) is 0 Å². The fourth-order valence-corrected chi connectivity index (χ4v) is 2.84. The molecule has 80 valence electrons. The van der Waals surface area contributed by atoms with E-state index in [2.05, 4.69) is 40.1 Å². The van der Waals surface area contributed by atoms with Gasteiger partial charge in [-0.25, -0.2) is 0 Å². The summed E-state index contributed by atoms with van der Waals surface area (Å²) in [7, 11) is 0. The molecule has 1 aromatic carbocycles. The lowest BCUT2D eigenvalue weighted by Crippen LogP contribution is -2.44. The van der Waals surface area contributed by atoms with Gasteiger partial charge in [0.1, 0.15) is 0 Å². The van der Waals surface area contributed by atoms with Crippen molar-refractivity contribution in [2.45, 2.75) is 12.5 Å². The lowest BCUT2D eigenvalue weighted by Gasteiger charge is -2.37. The molecule has 4 rings (SSSR count). The van der Waals surface area contributed by atoms with Crippen molar-refractivity contribution in [1.82, 2.24) is 9.80 Å². The molecule has 0 amide bonds. The van der Waals surface area contributed by atoms with Gasteiger partial charge in [0.05, 0.1) is 0 Å². The molecule has 0 aromatic heterocycles. The first kappa shape index (κ1) is 9.37. The van der Waals surface area contributed by atoms with Crippen LogP contribution in [-0.2, 0) is 0 Å². The first-order valence-electron chi connectivity index (χ1n) is 5.95. The number of nitrogens with zero attached hydrogens (tertiary/aromatic N) is 2. The Balaban J connectivity index is 1.87. The van der Waals surface area contributed by atoms with Crippen LogP contribution in [0.2, 0.25) is 0 Å². The normalized spacial score (nSPS) is 35.1. The highest BCUT2D eigenvalue weighted by molar-refractivity contribution is 5.20. The number of benzene rings is 1. The Kier molecular flexibility index (Phi) is 2.47. The maximum atomic E-state index is 2.65. The summed E-state index contributed by atoms with van der Waals surface area (Å²) in [6.07, 6.45) is 1.34. The first-order chi connectivity index (χ1) is 7.43. The van der Waals surface area contributed by atoms with Gasteiger partial charge < -0.3 is 4.90 Å². The van der Waals surface area contributed by atoms with Crippen molar-refractivity contribution in [2.75, 3.05) is 32.7 Å². The molecule has 0 spiro atoms. The lowest BCUT2D eigenvalue weighted by atomic mass is 10.0. The van der Waals surface area contributed by atoms with E-state index in [-0.39, 0.29) is 0 Å². The molecule has 2 nitrogen and oxygen atoms in total. The van der Waals surface area contributed by atoms with Gasteiger partial charge in [0, 0.05) is 32.2 Å². The summed E-state index contributed by atoms with van der Waals surface area (Å²) in [5, 5.41) is 0. The standard InChI is InChI=1S/C13H18N2/c1-2-5-12(6-3-1)13-11-14-7-4-8-15(13)10-9-14/h1-3,5-6,13H,4,7-11H2. The third-order valence-corrected chi connectivity index (χ3v) is 3.68. The van der Waals surface area contributed by atoms with Gasteiger partial charge in [0.15, 0.2) is 0 Å². The van der Waals surface area contributed by atoms with E-state index in [1.165, 1.54) is 44.7 Å². The highest BCUT2D eigenvalue weighted by atomic mass is 15.3. The number of rotatable bonds is 1. The van der Waals surface area contributed by atoms with Crippen LogP contribution in [0.25, 0.3) is 0 Å². The summed E-state index contributed by atoms with van der Waals surface area (Å²) in [6, 6.07) is 11.6. The number of piperazine rings is 1. The second-order valence-electron chi connectivity index (χ2n) is 4.62. The summed E-state index contributed by atoms with van der Waals surface area (Å²) in [5.41, 5.74) is 1.49. The van der Waals surface area contributed by atoms with Crippen molar-refractivity contribution in [3.63, 3.8) is 0 Å². The fourth-order valence-electron chi connectivity index (χ4n) is 2.84. The van der Waals surface area contributed by atoms with E-state index >= 15 is 0 Å². The second kappa shape index (κ2) is 3.95. The van der Waals surface area contributed by atoms with Crippen LogP contribution < -0.4 is 0 Å². The SMILES string of the molecule is c1ccc(C2CN3CCCN2CC3)cc1. The Bertz CT molecular complexity index is 319. The van der Waals surface area contributed by atoms with Crippen LogP contribution in [0.4, 0.5) is 0 Å². The van der Waals surface area contributed by atoms with Gasteiger partial charge in [0.2, 0.25) is 0 Å². The molecule has 3 saturated heterocycles. The van der Waals surface area contributed by atoms with E-state index in [1.807, 2.05) is 0 Å². The van der Waals surface area contributed by atoms with Crippen LogP contribution in [0.3, 0.4) is 0 Å². The summed E-state index contributed by atoms with van der Waals surface area (Å²) in [4.78, 5) is 5.26. The quantitative estimate of drug-likeness (QED) is 0.684. The van der Waals surface area contributed by atoms with Crippen molar-refractivity contribution in [3.8, 4) is 0 Å². The molecule has 3 fully saturated rings. The molecular weight excluding hydrogens is 184 g/mol. The largest absolute Gasteiger partial charge is 0.300 e. The zero-order chi connectivity index (χ0) is 10.1. The third kappa shape index (κ3) is 1.80. The minimum absolute atomic E-state index is 0.641. The van der Waals surface area contributed by atoms with Gasteiger partial charge in [-0.2, -0.15) is 0 Å². The minimum Gasteiger partial charge on any atom is -0.300 e. The Labute approximate surface area is 91.5 Å². The molecule has 0 N–H and O–H groups in total. The molecule has 3 unspecified atom stereocenters. The Morgan fingerprint density at radius 2 is 1.80 bits per heavy atom. The third-order valence-electron chi connectivity index (χ3n) is 3.68. The summed E-state index contributed by atoms with van der Waals surface area (Å²) in [5.74, 6) is 0. The van der Waals surface area contributed by atoms with Crippen LogP contribution in [-0.4, -0.2) is 42.5 Å². The lowest BCUT2D eigenvalue weighted by molar-refractivity contribution is 0.114. The fraction of sp³-hybridized carbons (Fsp3) is 0.538. The molecule has 0 aliphatic carbocycles. The van der Waals surface area contributed by atoms with Crippen molar-refractivity contribution in [1.29, 1.82) is 0 Å². The van der Waals surface area contributed by atoms with Crippen molar-refractivity contribution in [3.05, 3.63) is 35.9 Å². The predicted molar refractivity (Wildman–Crippen MR) is 61.8 cm³/mol. The smallest absolute Gasteiger partial charge is 0.0475 e. The van der Waals surface area contributed by atoms with E-state index in [4.69, 9.17) is 0 Å². The summed E-state index contributed by atoms with van der Waals surface area (Å²) in [6.45, 7) is 6.31. The van der Waals surface area contributed by atoms with E-state index in [0.29, 0.717) is 6.04 Å². The molecule has 15 heavy (non-hydrogen) atoms. The molecule has 2 heteroatoms. The molecule has 3 aliphatic heterocycles. The monoisotopic (exact) mass is 202 g/mol. The Hall–Kier alpha value is -0.860. The maximum Gasteiger partial charge on any atom is 0.0475 e. The van der Waals surface area contributed by atoms with E-state index < -0.39 is 0 Å². The van der Waals surface area contributed by atoms with Gasteiger partial charge in [-0.3, -0.25) is 4.90 Å². The number of hydrogen-bond donors (Lipinski definition) is 0. The number of fused-ring (bicyclic) bond motifs is 4.